The fraction of sp³-hybridized carbons (Fsp3) is 0.571. The first-order valence-corrected chi connectivity index (χ1v) is 7.81. The molecule has 5 nitrogen and oxygen atoms in total. The van der Waals surface area contributed by atoms with Gasteiger partial charge in [0.1, 0.15) is 6.04 Å². The summed E-state index contributed by atoms with van der Waals surface area (Å²) in [6.45, 7) is 3.34. The summed E-state index contributed by atoms with van der Waals surface area (Å²) in [6, 6.07) is 3.25. The van der Waals surface area contributed by atoms with Crippen molar-refractivity contribution in [2.75, 3.05) is 26.2 Å². The minimum Gasteiger partial charge on any atom is -0.395 e. The molecule has 0 radical (unpaired) electrons. The number of likely N-dealkylation sites (N-methyl/N-ethyl adjacent to an activating group) is 1. The lowest BCUT2D eigenvalue weighted by Crippen LogP contribution is -2.48. The van der Waals surface area contributed by atoms with Crippen LogP contribution >= 0.6 is 11.3 Å². The first kappa shape index (κ1) is 15.0. The van der Waals surface area contributed by atoms with E-state index in [-0.39, 0.29) is 24.5 Å². The first-order valence-electron chi connectivity index (χ1n) is 6.93. The van der Waals surface area contributed by atoms with E-state index in [1.54, 1.807) is 15.9 Å². The highest BCUT2D eigenvalue weighted by molar-refractivity contribution is 7.12. The Labute approximate surface area is 122 Å². The molecule has 0 aliphatic carbocycles. The van der Waals surface area contributed by atoms with Crippen LogP contribution in [0.15, 0.2) is 17.5 Å². The molecule has 6 heteroatoms. The predicted octanol–water partition coefficient (Wildman–Crippen LogP) is 1.19. The smallest absolute Gasteiger partial charge is 0.264 e. The average Bonchev–Trinajstić information content (AvgIpc) is 3.13. The highest BCUT2D eigenvalue weighted by Gasteiger charge is 2.36. The molecular weight excluding hydrogens is 276 g/mol. The number of amides is 2. The van der Waals surface area contributed by atoms with Crippen LogP contribution in [0.25, 0.3) is 0 Å². The van der Waals surface area contributed by atoms with Crippen molar-refractivity contribution in [2.24, 2.45) is 0 Å². The van der Waals surface area contributed by atoms with Crippen LogP contribution in [0.2, 0.25) is 0 Å². The Kier molecular flexibility index (Phi) is 5.14. The topological polar surface area (TPSA) is 60.9 Å². The number of aliphatic hydroxyl groups is 1. The van der Waals surface area contributed by atoms with Gasteiger partial charge in [-0.05, 0) is 31.2 Å². The van der Waals surface area contributed by atoms with Crippen molar-refractivity contribution in [3.8, 4) is 0 Å². The molecule has 1 N–H and O–H groups in total. The normalized spacial score (nSPS) is 18.3. The van der Waals surface area contributed by atoms with E-state index in [1.165, 1.54) is 11.3 Å². The summed E-state index contributed by atoms with van der Waals surface area (Å²) in [5, 5.41) is 10.9. The quantitative estimate of drug-likeness (QED) is 0.888. The van der Waals surface area contributed by atoms with Crippen molar-refractivity contribution >= 4 is 23.2 Å². The van der Waals surface area contributed by atoms with Crippen molar-refractivity contribution in [3.63, 3.8) is 0 Å². The van der Waals surface area contributed by atoms with E-state index in [9.17, 15) is 9.59 Å². The summed E-state index contributed by atoms with van der Waals surface area (Å²) in [7, 11) is 0. The summed E-state index contributed by atoms with van der Waals surface area (Å²) in [6.07, 6.45) is 1.56. The molecule has 0 bridgehead atoms. The summed E-state index contributed by atoms with van der Waals surface area (Å²) in [4.78, 5) is 28.8. The summed E-state index contributed by atoms with van der Waals surface area (Å²) in [5.74, 6) is -0.111. The van der Waals surface area contributed by atoms with Gasteiger partial charge in [-0.2, -0.15) is 0 Å². The molecule has 1 fully saturated rings. The predicted molar refractivity (Wildman–Crippen MR) is 77.7 cm³/mol. The molecule has 2 rings (SSSR count). The number of likely N-dealkylation sites (tertiary alicyclic amines) is 1. The fourth-order valence-corrected chi connectivity index (χ4v) is 3.24. The average molecular weight is 296 g/mol. The number of carbonyl (C=O) groups excluding carboxylic acids is 2. The molecule has 0 spiro atoms. The second-order valence-corrected chi connectivity index (χ2v) is 5.72. The second kappa shape index (κ2) is 6.85. The number of aliphatic hydroxyl groups excluding tert-OH is 1. The maximum atomic E-state index is 12.5. The van der Waals surface area contributed by atoms with Gasteiger partial charge in [0.15, 0.2) is 0 Å². The van der Waals surface area contributed by atoms with Crippen molar-refractivity contribution < 1.29 is 14.7 Å². The minimum absolute atomic E-state index is 0.0504. The molecule has 0 aromatic carbocycles. The summed E-state index contributed by atoms with van der Waals surface area (Å²) >= 11 is 1.40. The van der Waals surface area contributed by atoms with Gasteiger partial charge >= 0.3 is 0 Å². The lowest BCUT2D eigenvalue weighted by Gasteiger charge is -2.29. The van der Waals surface area contributed by atoms with Crippen molar-refractivity contribution in [1.82, 2.24) is 9.80 Å². The lowest BCUT2D eigenvalue weighted by atomic mass is 10.2. The summed E-state index contributed by atoms with van der Waals surface area (Å²) in [5.41, 5.74) is 0. The maximum absolute atomic E-state index is 12.5. The van der Waals surface area contributed by atoms with E-state index < -0.39 is 0 Å². The van der Waals surface area contributed by atoms with Gasteiger partial charge in [-0.25, -0.2) is 0 Å². The number of rotatable bonds is 5. The van der Waals surface area contributed by atoms with E-state index in [0.717, 1.165) is 6.42 Å². The molecule has 20 heavy (non-hydrogen) atoms. The van der Waals surface area contributed by atoms with Gasteiger partial charge in [0, 0.05) is 19.6 Å². The van der Waals surface area contributed by atoms with Crippen molar-refractivity contribution in [1.29, 1.82) is 0 Å². The zero-order chi connectivity index (χ0) is 14.5. The Morgan fingerprint density at radius 1 is 1.55 bits per heavy atom. The highest BCUT2D eigenvalue weighted by atomic mass is 32.1. The van der Waals surface area contributed by atoms with Crippen LogP contribution in [-0.2, 0) is 4.79 Å². The molecule has 1 aromatic rings. The maximum Gasteiger partial charge on any atom is 0.264 e. The van der Waals surface area contributed by atoms with E-state index in [0.29, 0.717) is 30.9 Å². The van der Waals surface area contributed by atoms with Crippen molar-refractivity contribution in [2.45, 2.75) is 25.8 Å². The molecule has 1 aliphatic heterocycles. The third kappa shape index (κ3) is 3.02. The van der Waals surface area contributed by atoms with Crippen LogP contribution in [0.5, 0.6) is 0 Å². The monoisotopic (exact) mass is 296 g/mol. The number of hydrogen-bond acceptors (Lipinski definition) is 4. The molecule has 2 amide bonds. The van der Waals surface area contributed by atoms with Gasteiger partial charge in [-0.3, -0.25) is 9.59 Å². The van der Waals surface area contributed by atoms with E-state index in [1.807, 2.05) is 18.4 Å². The van der Waals surface area contributed by atoms with Crippen LogP contribution < -0.4 is 0 Å². The van der Waals surface area contributed by atoms with E-state index in [4.69, 9.17) is 5.11 Å². The van der Waals surface area contributed by atoms with Crippen LogP contribution in [0.3, 0.4) is 0 Å². The Morgan fingerprint density at radius 3 is 2.95 bits per heavy atom. The standard InChI is InChI=1S/C14H20N2O3S/c1-2-15(8-9-17)13(18)11-5-3-7-16(11)14(19)12-6-4-10-20-12/h4,6,10-11,17H,2-3,5,7-9H2,1H3/t11-/m0/s1. The third-order valence-corrected chi connectivity index (χ3v) is 4.45. The molecule has 1 aliphatic rings. The molecule has 1 aromatic heterocycles. The molecule has 0 saturated carbocycles. The zero-order valence-electron chi connectivity index (χ0n) is 11.6. The molecule has 1 saturated heterocycles. The molecule has 110 valence electrons. The van der Waals surface area contributed by atoms with Gasteiger partial charge in [0.05, 0.1) is 11.5 Å². The third-order valence-electron chi connectivity index (χ3n) is 3.59. The Hall–Kier alpha value is -1.40. The Bertz CT molecular complexity index is 461. The Balaban J connectivity index is 2.10. The highest BCUT2D eigenvalue weighted by Crippen LogP contribution is 2.23. The fourth-order valence-electron chi connectivity index (χ4n) is 2.56. The van der Waals surface area contributed by atoms with Gasteiger partial charge in [0.25, 0.3) is 5.91 Å². The molecule has 1 atom stereocenters. The number of nitrogens with zero attached hydrogens (tertiary/aromatic N) is 2. The molecule has 2 heterocycles. The van der Waals surface area contributed by atoms with Crippen LogP contribution in [-0.4, -0.2) is 59.0 Å². The molecular formula is C14H20N2O3S. The number of hydrogen-bond donors (Lipinski definition) is 1. The van der Waals surface area contributed by atoms with Crippen LogP contribution in [0.4, 0.5) is 0 Å². The zero-order valence-corrected chi connectivity index (χ0v) is 12.4. The van der Waals surface area contributed by atoms with Crippen LogP contribution in [0.1, 0.15) is 29.4 Å². The van der Waals surface area contributed by atoms with E-state index in [2.05, 4.69) is 0 Å². The molecule has 0 unspecified atom stereocenters. The van der Waals surface area contributed by atoms with Gasteiger partial charge < -0.3 is 14.9 Å². The van der Waals surface area contributed by atoms with E-state index >= 15 is 0 Å². The van der Waals surface area contributed by atoms with Crippen molar-refractivity contribution in [3.05, 3.63) is 22.4 Å². The van der Waals surface area contributed by atoms with Gasteiger partial charge in [-0.15, -0.1) is 11.3 Å². The van der Waals surface area contributed by atoms with Crippen LogP contribution in [0, 0.1) is 0 Å². The van der Waals surface area contributed by atoms with Gasteiger partial charge in [-0.1, -0.05) is 6.07 Å². The Morgan fingerprint density at radius 2 is 2.35 bits per heavy atom. The lowest BCUT2D eigenvalue weighted by molar-refractivity contribution is -0.135. The number of carbonyl (C=O) groups is 2. The summed E-state index contributed by atoms with van der Waals surface area (Å²) < 4.78 is 0. The largest absolute Gasteiger partial charge is 0.395 e. The minimum atomic E-state index is -0.379. The number of thiophene rings is 1. The second-order valence-electron chi connectivity index (χ2n) is 4.78. The van der Waals surface area contributed by atoms with Gasteiger partial charge in [0.2, 0.25) is 5.91 Å². The first-order chi connectivity index (χ1) is 9.69. The SMILES string of the molecule is CCN(CCO)C(=O)[C@@H]1CCCN1C(=O)c1cccs1.